The van der Waals surface area contributed by atoms with E-state index in [0.29, 0.717) is 19.1 Å². The minimum absolute atomic E-state index is 0.0702. The summed E-state index contributed by atoms with van der Waals surface area (Å²) < 4.78 is 0. The zero-order chi connectivity index (χ0) is 11.8. The van der Waals surface area contributed by atoms with E-state index in [2.05, 4.69) is 29.2 Å². The SMILES string of the molecule is C=CCNCC(=O)NCC1CCCCN1C. The predicted molar refractivity (Wildman–Crippen MR) is 66.3 cm³/mol. The Morgan fingerprint density at radius 2 is 2.38 bits per heavy atom. The Kier molecular flexibility index (Phi) is 6.11. The topological polar surface area (TPSA) is 44.4 Å². The van der Waals surface area contributed by atoms with Crippen molar-refractivity contribution in [3.8, 4) is 0 Å². The van der Waals surface area contributed by atoms with Crippen LogP contribution in [0.15, 0.2) is 12.7 Å². The maximum Gasteiger partial charge on any atom is 0.234 e. The Morgan fingerprint density at radius 3 is 3.06 bits per heavy atom. The van der Waals surface area contributed by atoms with E-state index in [-0.39, 0.29) is 5.91 Å². The van der Waals surface area contributed by atoms with Gasteiger partial charge >= 0.3 is 0 Å². The molecular formula is C12H23N3O. The van der Waals surface area contributed by atoms with E-state index < -0.39 is 0 Å². The molecule has 4 heteroatoms. The van der Waals surface area contributed by atoms with Crippen molar-refractivity contribution in [3.63, 3.8) is 0 Å². The van der Waals surface area contributed by atoms with Gasteiger partial charge in [-0.25, -0.2) is 0 Å². The minimum Gasteiger partial charge on any atom is -0.353 e. The lowest BCUT2D eigenvalue weighted by molar-refractivity contribution is -0.120. The van der Waals surface area contributed by atoms with Gasteiger partial charge in [0.15, 0.2) is 0 Å². The number of hydrogen-bond donors (Lipinski definition) is 2. The van der Waals surface area contributed by atoms with E-state index in [0.717, 1.165) is 13.1 Å². The first kappa shape index (κ1) is 13.2. The molecule has 0 spiro atoms. The van der Waals surface area contributed by atoms with Crippen LogP contribution >= 0.6 is 0 Å². The molecule has 0 aromatic heterocycles. The second kappa shape index (κ2) is 7.41. The average molecular weight is 225 g/mol. The van der Waals surface area contributed by atoms with Crippen molar-refractivity contribution in [3.05, 3.63) is 12.7 Å². The number of carbonyl (C=O) groups excluding carboxylic acids is 1. The molecule has 1 aliphatic heterocycles. The largest absolute Gasteiger partial charge is 0.353 e. The highest BCUT2D eigenvalue weighted by Gasteiger charge is 2.18. The average Bonchev–Trinajstić information content (AvgIpc) is 2.28. The molecule has 1 saturated heterocycles. The Morgan fingerprint density at radius 1 is 1.56 bits per heavy atom. The van der Waals surface area contributed by atoms with E-state index >= 15 is 0 Å². The number of nitrogens with zero attached hydrogens (tertiary/aromatic N) is 1. The molecule has 1 rings (SSSR count). The lowest BCUT2D eigenvalue weighted by Gasteiger charge is -2.32. The van der Waals surface area contributed by atoms with Crippen molar-refractivity contribution in [2.75, 3.05) is 33.2 Å². The van der Waals surface area contributed by atoms with Gasteiger partial charge in [0, 0.05) is 19.1 Å². The van der Waals surface area contributed by atoms with E-state index in [4.69, 9.17) is 0 Å². The minimum atomic E-state index is 0.0702. The summed E-state index contributed by atoms with van der Waals surface area (Å²) in [7, 11) is 2.13. The highest BCUT2D eigenvalue weighted by molar-refractivity contribution is 5.78. The van der Waals surface area contributed by atoms with Crippen molar-refractivity contribution < 1.29 is 4.79 Å². The Labute approximate surface area is 98.1 Å². The maximum absolute atomic E-state index is 11.4. The number of hydrogen-bond acceptors (Lipinski definition) is 3. The van der Waals surface area contributed by atoms with E-state index in [1.165, 1.54) is 19.3 Å². The highest BCUT2D eigenvalue weighted by atomic mass is 16.1. The van der Waals surface area contributed by atoms with Gasteiger partial charge in [0.25, 0.3) is 0 Å². The van der Waals surface area contributed by atoms with Crippen LogP contribution < -0.4 is 10.6 Å². The van der Waals surface area contributed by atoms with E-state index in [1.807, 2.05) is 0 Å². The summed E-state index contributed by atoms with van der Waals surface area (Å²) in [6, 6.07) is 0.511. The van der Waals surface area contributed by atoms with Crippen LogP contribution in [0.4, 0.5) is 0 Å². The number of likely N-dealkylation sites (N-methyl/N-ethyl adjacent to an activating group) is 1. The molecule has 1 aliphatic rings. The van der Waals surface area contributed by atoms with Gasteiger partial charge in [-0.05, 0) is 26.4 Å². The van der Waals surface area contributed by atoms with Crippen LogP contribution in [0.3, 0.4) is 0 Å². The van der Waals surface area contributed by atoms with Crippen LogP contribution in [-0.4, -0.2) is 50.1 Å². The molecule has 2 N–H and O–H groups in total. The summed E-state index contributed by atoms with van der Waals surface area (Å²) in [5.74, 6) is 0.0702. The van der Waals surface area contributed by atoms with Gasteiger partial charge in [0.05, 0.1) is 6.54 Å². The van der Waals surface area contributed by atoms with Gasteiger partial charge in [0.2, 0.25) is 5.91 Å². The first-order valence-corrected chi connectivity index (χ1v) is 6.02. The predicted octanol–water partition coefficient (Wildman–Crippen LogP) is 0.363. The zero-order valence-corrected chi connectivity index (χ0v) is 10.2. The fraction of sp³-hybridized carbons (Fsp3) is 0.750. The van der Waals surface area contributed by atoms with Gasteiger partial charge in [0.1, 0.15) is 0 Å². The zero-order valence-electron chi connectivity index (χ0n) is 10.2. The normalized spacial score (nSPS) is 21.7. The lowest BCUT2D eigenvalue weighted by atomic mass is 10.0. The van der Waals surface area contributed by atoms with Crippen LogP contribution in [0.1, 0.15) is 19.3 Å². The molecule has 1 amide bonds. The molecule has 0 saturated carbocycles. The number of carbonyl (C=O) groups is 1. The van der Waals surface area contributed by atoms with Crippen molar-refractivity contribution in [2.45, 2.75) is 25.3 Å². The molecule has 92 valence electrons. The third-order valence-corrected chi connectivity index (χ3v) is 3.03. The molecule has 1 fully saturated rings. The maximum atomic E-state index is 11.4. The monoisotopic (exact) mass is 225 g/mol. The van der Waals surface area contributed by atoms with Crippen molar-refractivity contribution in [1.29, 1.82) is 0 Å². The second-order valence-corrected chi connectivity index (χ2v) is 4.35. The van der Waals surface area contributed by atoms with Crippen LogP contribution in [-0.2, 0) is 4.79 Å². The molecule has 0 bridgehead atoms. The first-order valence-electron chi connectivity index (χ1n) is 6.02. The molecule has 1 unspecified atom stereocenters. The molecule has 0 aliphatic carbocycles. The lowest BCUT2D eigenvalue weighted by Crippen LogP contribution is -2.46. The first-order chi connectivity index (χ1) is 7.74. The molecule has 16 heavy (non-hydrogen) atoms. The van der Waals surface area contributed by atoms with Crippen LogP contribution in [0.5, 0.6) is 0 Å². The van der Waals surface area contributed by atoms with Crippen LogP contribution in [0.2, 0.25) is 0 Å². The number of rotatable bonds is 6. The van der Waals surface area contributed by atoms with Gasteiger partial charge in [-0.1, -0.05) is 12.5 Å². The highest BCUT2D eigenvalue weighted by Crippen LogP contribution is 2.13. The van der Waals surface area contributed by atoms with Crippen LogP contribution in [0.25, 0.3) is 0 Å². The number of amides is 1. The molecule has 1 atom stereocenters. The Bertz CT molecular complexity index is 230. The fourth-order valence-electron chi connectivity index (χ4n) is 1.98. The molecule has 1 heterocycles. The third kappa shape index (κ3) is 4.77. The summed E-state index contributed by atoms with van der Waals surface area (Å²) in [4.78, 5) is 13.8. The van der Waals surface area contributed by atoms with Crippen molar-refractivity contribution in [1.82, 2.24) is 15.5 Å². The Hall–Kier alpha value is -0.870. The second-order valence-electron chi connectivity index (χ2n) is 4.35. The van der Waals surface area contributed by atoms with Gasteiger partial charge < -0.3 is 15.5 Å². The number of likely N-dealkylation sites (tertiary alicyclic amines) is 1. The van der Waals surface area contributed by atoms with Gasteiger partial charge in [-0.15, -0.1) is 6.58 Å². The molecular weight excluding hydrogens is 202 g/mol. The van der Waals surface area contributed by atoms with Crippen LogP contribution in [0, 0.1) is 0 Å². The fourth-order valence-corrected chi connectivity index (χ4v) is 1.98. The number of nitrogens with one attached hydrogen (secondary N) is 2. The summed E-state index contributed by atoms with van der Waals surface area (Å²) in [6.07, 6.45) is 5.50. The van der Waals surface area contributed by atoms with E-state index in [9.17, 15) is 4.79 Å². The van der Waals surface area contributed by atoms with Gasteiger partial charge in [-0.2, -0.15) is 0 Å². The number of piperidine rings is 1. The third-order valence-electron chi connectivity index (χ3n) is 3.03. The summed E-state index contributed by atoms with van der Waals surface area (Å²) in [5.41, 5.74) is 0. The molecule has 4 nitrogen and oxygen atoms in total. The summed E-state index contributed by atoms with van der Waals surface area (Å²) >= 11 is 0. The quantitative estimate of drug-likeness (QED) is 0.507. The summed E-state index contributed by atoms with van der Waals surface area (Å²) in [5, 5.41) is 5.95. The summed E-state index contributed by atoms with van der Waals surface area (Å²) in [6.45, 7) is 6.56. The van der Waals surface area contributed by atoms with Crippen molar-refractivity contribution >= 4 is 5.91 Å². The van der Waals surface area contributed by atoms with Gasteiger partial charge in [-0.3, -0.25) is 4.79 Å². The molecule has 0 aromatic rings. The Balaban J connectivity index is 2.12. The van der Waals surface area contributed by atoms with E-state index in [1.54, 1.807) is 6.08 Å². The smallest absolute Gasteiger partial charge is 0.234 e. The van der Waals surface area contributed by atoms with Crippen molar-refractivity contribution in [2.24, 2.45) is 0 Å². The molecule has 0 aromatic carbocycles. The molecule has 0 radical (unpaired) electrons. The standard InChI is InChI=1S/C12H23N3O/c1-3-7-13-10-12(16)14-9-11-6-4-5-8-15(11)2/h3,11,13H,1,4-10H2,2H3,(H,14,16).